The first-order valence-corrected chi connectivity index (χ1v) is 12.8. The highest BCUT2D eigenvalue weighted by atomic mass is 16.4. The van der Waals surface area contributed by atoms with Crippen molar-refractivity contribution in [2.45, 2.75) is 84.3 Å². The minimum atomic E-state index is -1.35. The number of aliphatic carboxylic acids is 1. The molecule has 0 aliphatic rings. The minimum Gasteiger partial charge on any atom is -0.481 e. The highest BCUT2D eigenvalue weighted by Gasteiger charge is 2.29. The Kier molecular flexibility index (Phi) is 14.3. The van der Waals surface area contributed by atoms with E-state index in [0.717, 1.165) is 32.6 Å². The Morgan fingerprint density at radius 1 is 0.816 bits per heavy atom. The molecule has 38 heavy (non-hydrogen) atoms. The van der Waals surface area contributed by atoms with E-state index in [9.17, 15) is 28.8 Å². The maximum absolute atomic E-state index is 12.7. The molecule has 0 radical (unpaired) electrons. The van der Waals surface area contributed by atoms with Crippen molar-refractivity contribution in [3.8, 4) is 0 Å². The van der Waals surface area contributed by atoms with Crippen molar-refractivity contribution in [2.24, 2.45) is 5.92 Å². The van der Waals surface area contributed by atoms with Crippen LogP contribution >= 0.6 is 0 Å². The summed E-state index contributed by atoms with van der Waals surface area (Å²) in [7, 11) is 0. The Hall–Kier alpha value is -3.76. The molecule has 0 aromatic heterocycles. The van der Waals surface area contributed by atoms with Gasteiger partial charge in [0, 0.05) is 13.3 Å². The van der Waals surface area contributed by atoms with Gasteiger partial charge in [0.05, 0.1) is 13.0 Å². The molecule has 0 saturated carbocycles. The van der Waals surface area contributed by atoms with Gasteiger partial charge < -0.3 is 26.4 Å². The van der Waals surface area contributed by atoms with E-state index >= 15 is 0 Å². The average Bonchev–Trinajstić information content (AvgIpc) is 2.84. The first kappa shape index (κ1) is 32.3. The molecule has 1 rings (SSSR count). The standard InChI is InChI=1S/C27H40N4O7/c1-17(2)24(31-25(36)18(3)29-26(37)22(15-23(34)35)30-19(4)32)27(38)28-16-21(33)14-10-6-9-13-20-11-7-5-8-12-20/h5,7-8,11-12,17-18,22,24H,6,9-10,13-16H2,1-4H3,(H,28,38)(H,29,37)(H,30,32)(H,31,36)(H,34,35)/t18-,22?,24-/m0/s1. The van der Waals surface area contributed by atoms with Gasteiger partial charge >= 0.3 is 5.97 Å². The summed E-state index contributed by atoms with van der Waals surface area (Å²) in [6, 6.07) is 6.69. The summed E-state index contributed by atoms with van der Waals surface area (Å²) in [6.07, 6.45) is 3.25. The largest absolute Gasteiger partial charge is 0.481 e. The number of carbonyl (C=O) groups excluding carboxylic acids is 5. The summed E-state index contributed by atoms with van der Waals surface area (Å²) >= 11 is 0. The van der Waals surface area contributed by atoms with Crippen LogP contribution in [0.15, 0.2) is 30.3 Å². The minimum absolute atomic E-state index is 0.102. The molecule has 1 aromatic carbocycles. The number of ketones is 1. The van der Waals surface area contributed by atoms with Gasteiger partial charge in [-0.2, -0.15) is 0 Å². The fourth-order valence-corrected chi connectivity index (χ4v) is 3.68. The lowest BCUT2D eigenvalue weighted by Crippen LogP contribution is -2.57. The molecule has 0 aliphatic heterocycles. The van der Waals surface area contributed by atoms with Crippen LogP contribution in [-0.2, 0) is 35.2 Å². The molecule has 0 saturated heterocycles. The van der Waals surface area contributed by atoms with Crippen LogP contribution in [0, 0.1) is 5.92 Å². The average molecular weight is 533 g/mol. The molecule has 0 bridgehead atoms. The van der Waals surface area contributed by atoms with Gasteiger partial charge in [-0.05, 0) is 37.7 Å². The third-order valence-corrected chi connectivity index (χ3v) is 5.80. The third-order valence-electron chi connectivity index (χ3n) is 5.80. The fraction of sp³-hybridized carbons (Fsp3) is 0.556. The summed E-state index contributed by atoms with van der Waals surface area (Å²) in [6.45, 7) is 5.82. The molecule has 3 atom stereocenters. The first-order valence-electron chi connectivity index (χ1n) is 12.8. The number of Topliss-reactive ketones (excluding diaryl/α,β-unsaturated/α-hetero) is 1. The van der Waals surface area contributed by atoms with E-state index in [0.29, 0.717) is 6.42 Å². The number of rotatable bonds is 17. The Bertz CT molecular complexity index is 949. The van der Waals surface area contributed by atoms with E-state index in [1.54, 1.807) is 13.8 Å². The summed E-state index contributed by atoms with van der Waals surface area (Å²) in [4.78, 5) is 72.2. The Morgan fingerprint density at radius 2 is 1.47 bits per heavy atom. The van der Waals surface area contributed by atoms with Crippen molar-refractivity contribution in [2.75, 3.05) is 6.54 Å². The summed E-state index contributed by atoms with van der Waals surface area (Å²) in [5.74, 6) is -4.34. The van der Waals surface area contributed by atoms with E-state index in [-0.39, 0.29) is 18.2 Å². The van der Waals surface area contributed by atoms with Crippen LogP contribution in [0.5, 0.6) is 0 Å². The first-order chi connectivity index (χ1) is 17.9. The summed E-state index contributed by atoms with van der Waals surface area (Å²) < 4.78 is 0. The number of amides is 4. The monoisotopic (exact) mass is 532 g/mol. The molecular formula is C27H40N4O7. The van der Waals surface area contributed by atoms with Gasteiger partial charge in [-0.1, -0.05) is 50.6 Å². The maximum atomic E-state index is 12.7. The van der Waals surface area contributed by atoms with Crippen molar-refractivity contribution in [3.63, 3.8) is 0 Å². The van der Waals surface area contributed by atoms with Gasteiger partial charge in [0.2, 0.25) is 23.6 Å². The number of carbonyl (C=O) groups is 6. The van der Waals surface area contributed by atoms with Crippen molar-refractivity contribution >= 4 is 35.4 Å². The van der Waals surface area contributed by atoms with Crippen LogP contribution in [0.4, 0.5) is 0 Å². The zero-order valence-corrected chi connectivity index (χ0v) is 22.5. The fourth-order valence-electron chi connectivity index (χ4n) is 3.68. The van der Waals surface area contributed by atoms with Crippen molar-refractivity contribution in [3.05, 3.63) is 35.9 Å². The highest BCUT2D eigenvalue weighted by molar-refractivity contribution is 5.95. The predicted octanol–water partition coefficient (Wildman–Crippen LogP) is 1.10. The van der Waals surface area contributed by atoms with Crippen LogP contribution in [0.3, 0.4) is 0 Å². The van der Waals surface area contributed by atoms with Crippen LogP contribution in [0.25, 0.3) is 0 Å². The topological polar surface area (TPSA) is 171 Å². The van der Waals surface area contributed by atoms with Crippen LogP contribution in [0.2, 0.25) is 0 Å². The van der Waals surface area contributed by atoms with Gasteiger partial charge in [-0.25, -0.2) is 0 Å². The zero-order chi connectivity index (χ0) is 28.7. The van der Waals surface area contributed by atoms with Gasteiger partial charge in [-0.15, -0.1) is 0 Å². The Morgan fingerprint density at radius 3 is 2.05 bits per heavy atom. The molecule has 11 nitrogen and oxygen atoms in total. The number of aryl methyl sites for hydroxylation is 1. The number of benzene rings is 1. The lowest BCUT2D eigenvalue weighted by molar-refractivity contribution is -0.141. The molecule has 210 valence electrons. The molecule has 0 heterocycles. The molecular weight excluding hydrogens is 492 g/mol. The lowest BCUT2D eigenvalue weighted by atomic mass is 10.0. The zero-order valence-electron chi connectivity index (χ0n) is 22.5. The molecule has 4 amide bonds. The van der Waals surface area contributed by atoms with Crippen molar-refractivity contribution in [1.82, 2.24) is 21.3 Å². The SMILES string of the molecule is CC(=O)NC(CC(=O)O)C(=O)N[C@@H](C)C(=O)N[C@H](C(=O)NCC(=O)CCCCCc1ccccc1)C(C)C. The van der Waals surface area contributed by atoms with Gasteiger partial charge in [0.25, 0.3) is 0 Å². The molecule has 0 aliphatic carbocycles. The number of hydrogen-bond acceptors (Lipinski definition) is 6. The summed E-state index contributed by atoms with van der Waals surface area (Å²) in [5, 5.41) is 18.7. The smallest absolute Gasteiger partial charge is 0.305 e. The van der Waals surface area contributed by atoms with Crippen molar-refractivity contribution in [1.29, 1.82) is 0 Å². The quantitative estimate of drug-likeness (QED) is 0.187. The summed E-state index contributed by atoms with van der Waals surface area (Å²) in [5.41, 5.74) is 1.26. The van der Waals surface area contributed by atoms with Gasteiger partial charge in [0.15, 0.2) is 5.78 Å². The molecule has 0 spiro atoms. The van der Waals surface area contributed by atoms with E-state index < -0.39 is 54.1 Å². The van der Waals surface area contributed by atoms with Gasteiger partial charge in [0.1, 0.15) is 18.1 Å². The van der Waals surface area contributed by atoms with E-state index in [2.05, 4.69) is 33.4 Å². The van der Waals surface area contributed by atoms with E-state index in [1.165, 1.54) is 12.5 Å². The highest BCUT2D eigenvalue weighted by Crippen LogP contribution is 2.08. The molecule has 5 N–H and O–H groups in total. The number of nitrogens with one attached hydrogen (secondary N) is 4. The second-order valence-electron chi connectivity index (χ2n) is 9.61. The van der Waals surface area contributed by atoms with Gasteiger partial charge in [-0.3, -0.25) is 28.8 Å². The number of unbranched alkanes of at least 4 members (excludes halogenated alkanes) is 2. The van der Waals surface area contributed by atoms with E-state index in [1.807, 2.05) is 18.2 Å². The number of carboxylic acid groups (broad SMARTS) is 1. The third kappa shape index (κ3) is 13.0. The predicted molar refractivity (Wildman–Crippen MR) is 141 cm³/mol. The van der Waals surface area contributed by atoms with E-state index in [4.69, 9.17) is 5.11 Å². The van der Waals surface area contributed by atoms with Crippen molar-refractivity contribution < 1.29 is 33.9 Å². The number of carboxylic acids is 1. The normalized spacial score (nSPS) is 13.1. The van der Waals surface area contributed by atoms with Crippen LogP contribution < -0.4 is 21.3 Å². The second-order valence-corrected chi connectivity index (χ2v) is 9.61. The number of hydrogen-bond donors (Lipinski definition) is 5. The molecule has 11 heteroatoms. The maximum Gasteiger partial charge on any atom is 0.305 e. The molecule has 1 aromatic rings. The van der Waals surface area contributed by atoms with Crippen LogP contribution in [0.1, 0.15) is 65.4 Å². The molecule has 0 fully saturated rings. The Balaban J connectivity index is 2.49. The molecule has 1 unspecified atom stereocenters. The lowest BCUT2D eigenvalue weighted by Gasteiger charge is -2.24. The Labute approximate surface area is 223 Å². The van der Waals surface area contributed by atoms with Crippen LogP contribution in [-0.4, -0.2) is 65.2 Å². The second kappa shape index (κ2) is 16.9.